The van der Waals surface area contributed by atoms with Crippen LogP contribution in [0.15, 0.2) is 17.0 Å². The van der Waals surface area contributed by atoms with Gasteiger partial charge in [0.25, 0.3) is 0 Å². The Labute approximate surface area is 144 Å². The molecule has 5 heteroatoms. The second-order valence-electron chi connectivity index (χ2n) is 8.34. The van der Waals surface area contributed by atoms with Gasteiger partial charge in [0.05, 0.1) is 4.90 Å². The fourth-order valence-electron chi connectivity index (χ4n) is 4.86. The topological polar surface area (TPSA) is 46.2 Å². The van der Waals surface area contributed by atoms with Crippen molar-refractivity contribution in [3.63, 3.8) is 0 Å². The highest BCUT2D eigenvalue weighted by Gasteiger charge is 2.60. The van der Waals surface area contributed by atoms with Crippen LogP contribution >= 0.6 is 11.6 Å². The van der Waals surface area contributed by atoms with Crippen molar-refractivity contribution in [1.82, 2.24) is 4.72 Å². The first-order valence-electron chi connectivity index (χ1n) is 8.26. The third-order valence-electron chi connectivity index (χ3n) is 6.29. The van der Waals surface area contributed by atoms with Gasteiger partial charge in [-0.2, -0.15) is 0 Å². The molecule has 1 aromatic rings. The lowest BCUT2D eigenvalue weighted by atomic mass is 9.69. The van der Waals surface area contributed by atoms with Gasteiger partial charge in [-0.3, -0.25) is 0 Å². The van der Waals surface area contributed by atoms with Crippen molar-refractivity contribution in [2.24, 2.45) is 16.7 Å². The minimum Gasteiger partial charge on any atom is -0.207 e. The van der Waals surface area contributed by atoms with Crippen molar-refractivity contribution < 1.29 is 8.42 Å². The van der Waals surface area contributed by atoms with E-state index in [4.69, 9.17) is 11.6 Å². The van der Waals surface area contributed by atoms with Gasteiger partial charge in [-0.15, -0.1) is 0 Å². The maximum atomic E-state index is 13.0. The average molecular weight is 356 g/mol. The molecule has 0 spiro atoms. The molecule has 0 saturated heterocycles. The van der Waals surface area contributed by atoms with Crippen molar-refractivity contribution in [3.05, 3.63) is 28.3 Å². The van der Waals surface area contributed by atoms with Gasteiger partial charge in [0.1, 0.15) is 0 Å². The normalized spacial score (nSPS) is 32.4. The summed E-state index contributed by atoms with van der Waals surface area (Å²) < 4.78 is 29.1. The van der Waals surface area contributed by atoms with Gasteiger partial charge in [-0.25, -0.2) is 13.1 Å². The molecular weight excluding hydrogens is 330 g/mol. The molecule has 2 fully saturated rings. The largest absolute Gasteiger partial charge is 0.241 e. The summed E-state index contributed by atoms with van der Waals surface area (Å²) in [6, 6.07) is 3.40. The van der Waals surface area contributed by atoms with Crippen LogP contribution in [0, 0.1) is 30.6 Å². The van der Waals surface area contributed by atoms with Crippen molar-refractivity contribution in [2.75, 3.05) is 0 Å². The molecule has 23 heavy (non-hydrogen) atoms. The highest BCUT2D eigenvalue weighted by atomic mass is 35.5. The molecule has 3 rings (SSSR count). The second-order valence-corrected chi connectivity index (χ2v) is 10.4. The van der Waals surface area contributed by atoms with Crippen LogP contribution in [0.4, 0.5) is 0 Å². The summed E-state index contributed by atoms with van der Waals surface area (Å²) in [5.74, 6) is 0.605. The summed E-state index contributed by atoms with van der Waals surface area (Å²) >= 11 is 6.11. The number of halogens is 1. The van der Waals surface area contributed by atoms with E-state index in [0.29, 0.717) is 21.4 Å². The molecule has 2 saturated carbocycles. The van der Waals surface area contributed by atoms with E-state index in [1.807, 2.05) is 6.92 Å². The van der Waals surface area contributed by atoms with Crippen molar-refractivity contribution >= 4 is 21.6 Å². The maximum absolute atomic E-state index is 13.0. The molecule has 3 nitrogen and oxygen atoms in total. The lowest BCUT2D eigenvalue weighted by molar-refractivity contribution is 0.127. The number of aryl methyl sites for hydroxylation is 2. The minimum absolute atomic E-state index is 0.00452. The van der Waals surface area contributed by atoms with Gasteiger partial charge < -0.3 is 0 Å². The van der Waals surface area contributed by atoms with Gasteiger partial charge in [-0.1, -0.05) is 32.4 Å². The molecule has 1 aromatic carbocycles. The van der Waals surface area contributed by atoms with Crippen LogP contribution < -0.4 is 4.72 Å². The number of hydrogen-bond donors (Lipinski definition) is 1. The highest BCUT2D eigenvalue weighted by Crippen LogP contribution is 2.62. The zero-order valence-corrected chi connectivity index (χ0v) is 16.1. The maximum Gasteiger partial charge on any atom is 0.241 e. The van der Waals surface area contributed by atoms with Crippen LogP contribution in [0.25, 0.3) is 0 Å². The first kappa shape index (κ1) is 17.2. The Balaban J connectivity index is 1.98. The Bertz CT molecular complexity index is 752. The number of benzene rings is 1. The number of hydrogen-bond acceptors (Lipinski definition) is 2. The first-order valence-corrected chi connectivity index (χ1v) is 10.1. The molecule has 2 bridgehead atoms. The standard InChI is InChI=1S/C18H26ClNO2S/c1-11-9-15(12(2)8-14(11)19)23(21,22)20-16-17(3,4)13-6-7-18(16,5)10-13/h8-9,13,16,20H,6-7,10H2,1-5H3/t13-,16-,18-/m1/s1. The summed E-state index contributed by atoms with van der Waals surface area (Å²) in [7, 11) is -3.55. The SMILES string of the molecule is Cc1cc(S(=O)(=O)N[C@@H]2C(C)(C)[C@@H]3CC[C@]2(C)C3)c(C)cc1Cl. The van der Waals surface area contributed by atoms with E-state index >= 15 is 0 Å². The molecule has 0 amide bonds. The molecule has 2 aliphatic carbocycles. The van der Waals surface area contributed by atoms with E-state index in [-0.39, 0.29) is 16.9 Å². The van der Waals surface area contributed by atoms with Crippen molar-refractivity contribution in [1.29, 1.82) is 0 Å². The van der Waals surface area contributed by atoms with Crippen LogP contribution in [0.3, 0.4) is 0 Å². The quantitative estimate of drug-likeness (QED) is 0.870. The summed E-state index contributed by atoms with van der Waals surface area (Å²) in [6.45, 7) is 10.3. The third-order valence-corrected chi connectivity index (χ3v) is 8.26. The molecule has 0 heterocycles. The molecule has 1 N–H and O–H groups in total. The predicted molar refractivity (Wildman–Crippen MR) is 94.3 cm³/mol. The minimum atomic E-state index is -3.55. The van der Waals surface area contributed by atoms with Crippen LogP contribution in [0.5, 0.6) is 0 Å². The van der Waals surface area contributed by atoms with Crippen molar-refractivity contribution in [3.8, 4) is 0 Å². The summed E-state index contributed by atoms with van der Waals surface area (Å²) in [4.78, 5) is 0.349. The zero-order chi connectivity index (χ0) is 17.2. The number of fused-ring (bicyclic) bond motifs is 2. The molecule has 0 aliphatic heterocycles. The van der Waals surface area contributed by atoms with E-state index < -0.39 is 10.0 Å². The first-order chi connectivity index (χ1) is 10.5. The average Bonchev–Trinajstić information content (AvgIpc) is 2.90. The van der Waals surface area contributed by atoms with E-state index in [9.17, 15) is 8.42 Å². The highest BCUT2D eigenvalue weighted by molar-refractivity contribution is 7.89. The van der Waals surface area contributed by atoms with E-state index in [1.165, 1.54) is 6.42 Å². The fraction of sp³-hybridized carbons (Fsp3) is 0.667. The number of sulfonamides is 1. The Morgan fingerprint density at radius 3 is 2.39 bits per heavy atom. The number of nitrogens with one attached hydrogen (secondary N) is 1. The van der Waals surface area contributed by atoms with Gasteiger partial charge in [-0.05, 0) is 73.1 Å². The Morgan fingerprint density at radius 2 is 1.83 bits per heavy atom. The molecular formula is C18H26ClNO2S. The molecule has 128 valence electrons. The molecule has 0 aromatic heterocycles. The van der Waals surface area contributed by atoms with E-state index in [0.717, 1.165) is 18.4 Å². The van der Waals surface area contributed by atoms with Crippen molar-refractivity contribution in [2.45, 2.75) is 64.8 Å². The van der Waals surface area contributed by atoms with Crippen LogP contribution in [-0.4, -0.2) is 14.5 Å². The third kappa shape index (κ3) is 2.63. The predicted octanol–water partition coefficient (Wildman–Crippen LogP) is 4.45. The van der Waals surface area contributed by atoms with E-state index in [1.54, 1.807) is 19.1 Å². The Hall–Kier alpha value is -0.580. The monoisotopic (exact) mass is 355 g/mol. The smallest absolute Gasteiger partial charge is 0.207 e. The lowest BCUT2D eigenvalue weighted by Gasteiger charge is -2.42. The zero-order valence-electron chi connectivity index (χ0n) is 14.5. The molecule has 0 unspecified atom stereocenters. The van der Waals surface area contributed by atoms with Gasteiger partial charge in [0.2, 0.25) is 10.0 Å². The Morgan fingerprint density at radius 1 is 1.17 bits per heavy atom. The summed E-state index contributed by atoms with van der Waals surface area (Å²) in [5, 5.41) is 0.605. The fourth-order valence-corrected chi connectivity index (χ4v) is 6.92. The van der Waals surface area contributed by atoms with Gasteiger partial charge >= 0.3 is 0 Å². The van der Waals surface area contributed by atoms with Crippen LogP contribution in [-0.2, 0) is 10.0 Å². The van der Waals surface area contributed by atoms with Crippen LogP contribution in [0.1, 0.15) is 51.2 Å². The summed E-state index contributed by atoms with van der Waals surface area (Å²) in [5.41, 5.74) is 1.54. The molecule has 2 aliphatic rings. The Kier molecular flexibility index (Phi) is 3.90. The van der Waals surface area contributed by atoms with Crippen LogP contribution in [0.2, 0.25) is 5.02 Å². The second kappa shape index (κ2) is 5.21. The van der Waals surface area contributed by atoms with E-state index in [2.05, 4.69) is 25.5 Å². The number of rotatable bonds is 3. The molecule has 3 atom stereocenters. The summed E-state index contributed by atoms with van der Waals surface area (Å²) in [6.07, 6.45) is 3.43. The van der Waals surface area contributed by atoms with Gasteiger partial charge in [0.15, 0.2) is 0 Å². The molecule has 0 radical (unpaired) electrons. The lowest BCUT2D eigenvalue weighted by Crippen LogP contribution is -2.52. The van der Waals surface area contributed by atoms with Gasteiger partial charge in [0, 0.05) is 11.1 Å².